The lowest BCUT2D eigenvalue weighted by Crippen LogP contribution is -2.24. The molecule has 94 valence electrons. The van der Waals surface area contributed by atoms with Crippen LogP contribution < -0.4 is 5.32 Å². The van der Waals surface area contributed by atoms with E-state index in [1.807, 2.05) is 0 Å². The van der Waals surface area contributed by atoms with Crippen molar-refractivity contribution in [1.29, 1.82) is 0 Å². The summed E-state index contributed by atoms with van der Waals surface area (Å²) in [4.78, 5) is 11.7. The maximum Gasteiger partial charge on any atom is 0.251 e. The van der Waals surface area contributed by atoms with E-state index in [1.54, 1.807) is 24.3 Å². The van der Waals surface area contributed by atoms with E-state index < -0.39 is 0 Å². The van der Waals surface area contributed by atoms with Gasteiger partial charge in [0.1, 0.15) is 0 Å². The zero-order valence-corrected chi connectivity index (χ0v) is 11.1. The predicted molar refractivity (Wildman–Crippen MR) is 72.5 cm³/mol. The Morgan fingerprint density at radius 1 is 1.24 bits per heavy atom. The van der Waals surface area contributed by atoms with Crippen molar-refractivity contribution < 1.29 is 4.79 Å². The van der Waals surface area contributed by atoms with Gasteiger partial charge in [0.25, 0.3) is 5.91 Å². The molecule has 0 spiro atoms. The van der Waals surface area contributed by atoms with Crippen LogP contribution in [0.15, 0.2) is 24.3 Å². The molecule has 0 aliphatic rings. The zero-order chi connectivity index (χ0) is 12.5. The first-order chi connectivity index (χ1) is 8.24. The van der Waals surface area contributed by atoms with Gasteiger partial charge in [0.05, 0.1) is 0 Å². The minimum Gasteiger partial charge on any atom is -0.352 e. The van der Waals surface area contributed by atoms with Crippen LogP contribution in [0.25, 0.3) is 0 Å². The van der Waals surface area contributed by atoms with Crippen molar-refractivity contribution in [1.82, 2.24) is 5.32 Å². The highest BCUT2D eigenvalue weighted by atomic mass is 35.5. The molecule has 1 amide bonds. The molecule has 1 N–H and O–H groups in total. The summed E-state index contributed by atoms with van der Waals surface area (Å²) in [5.74, 6) is -0.0389. The first-order valence-electron chi connectivity index (χ1n) is 6.28. The number of carbonyl (C=O) groups excluding carboxylic acids is 1. The highest BCUT2D eigenvalue weighted by Crippen LogP contribution is 2.10. The summed E-state index contributed by atoms with van der Waals surface area (Å²) in [6.45, 7) is 2.94. The molecule has 0 unspecified atom stereocenters. The van der Waals surface area contributed by atoms with Crippen LogP contribution in [0.5, 0.6) is 0 Å². The molecular weight excluding hydrogens is 234 g/mol. The van der Waals surface area contributed by atoms with Gasteiger partial charge in [-0.25, -0.2) is 0 Å². The quantitative estimate of drug-likeness (QED) is 0.730. The second-order valence-electron chi connectivity index (χ2n) is 4.18. The highest BCUT2D eigenvalue weighted by molar-refractivity contribution is 6.30. The number of unbranched alkanes of at least 4 members (excludes halogenated alkanes) is 4. The van der Waals surface area contributed by atoms with E-state index in [4.69, 9.17) is 11.6 Å². The summed E-state index contributed by atoms with van der Waals surface area (Å²) in [6, 6.07) is 7.02. The number of rotatable bonds is 7. The monoisotopic (exact) mass is 253 g/mol. The Morgan fingerprint density at radius 2 is 2.00 bits per heavy atom. The molecule has 2 nitrogen and oxygen atoms in total. The predicted octanol–water partition coefficient (Wildman–Crippen LogP) is 4.04. The van der Waals surface area contributed by atoms with Crippen LogP contribution in [0.1, 0.15) is 49.4 Å². The van der Waals surface area contributed by atoms with Gasteiger partial charge in [-0.15, -0.1) is 0 Å². The fraction of sp³-hybridized carbons (Fsp3) is 0.500. The van der Waals surface area contributed by atoms with Gasteiger partial charge in [-0.2, -0.15) is 0 Å². The van der Waals surface area contributed by atoms with Crippen LogP contribution >= 0.6 is 11.6 Å². The lowest BCUT2D eigenvalue weighted by Gasteiger charge is -2.05. The molecule has 0 aromatic heterocycles. The topological polar surface area (TPSA) is 29.1 Å². The van der Waals surface area contributed by atoms with Gasteiger partial charge in [0.15, 0.2) is 0 Å². The summed E-state index contributed by atoms with van der Waals surface area (Å²) in [5.41, 5.74) is 0.631. The average Bonchev–Trinajstić information content (AvgIpc) is 2.33. The Morgan fingerprint density at radius 3 is 2.71 bits per heavy atom. The molecule has 0 saturated carbocycles. The van der Waals surface area contributed by atoms with Crippen molar-refractivity contribution >= 4 is 17.5 Å². The van der Waals surface area contributed by atoms with Crippen LogP contribution in [0.2, 0.25) is 5.02 Å². The molecule has 3 heteroatoms. The van der Waals surface area contributed by atoms with Gasteiger partial charge in [0.2, 0.25) is 0 Å². The third kappa shape index (κ3) is 5.73. The van der Waals surface area contributed by atoms with E-state index in [-0.39, 0.29) is 5.91 Å². The third-order valence-corrected chi connectivity index (χ3v) is 2.89. The van der Waals surface area contributed by atoms with Crippen LogP contribution in [0, 0.1) is 0 Å². The van der Waals surface area contributed by atoms with Crippen molar-refractivity contribution in [3.05, 3.63) is 34.9 Å². The van der Waals surface area contributed by atoms with Crippen molar-refractivity contribution in [3.8, 4) is 0 Å². The van der Waals surface area contributed by atoms with Gasteiger partial charge in [-0.1, -0.05) is 50.3 Å². The second-order valence-corrected chi connectivity index (χ2v) is 4.62. The molecule has 1 rings (SSSR count). The number of carbonyl (C=O) groups is 1. The van der Waals surface area contributed by atoms with Crippen LogP contribution in [0.4, 0.5) is 0 Å². The first kappa shape index (κ1) is 14.0. The van der Waals surface area contributed by atoms with Crippen molar-refractivity contribution in [3.63, 3.8) is 0 Å². The molecule has 0 aliphatic carbocycles. The van der Waals surface area contributed by atoms with Crippen LogP contribution in [-0.2, 0) is 0 Å². The van der Waals surface area contributed by atoms with Gasteiger partial charge in [-0.3, -0.25) is 4.79 Å². The SMILES string of the molecule is CCCCCCCNC(=O)c1cccc(Cl)c1. The fourth-order valence-electron chi connectivity index (χ4n) is 1.66. The Hall–Kier alpha value is -1.02. The molecule has 0 fully saturated rings. The molecule has 0 atom stereocenters. The van der Waals surface area contributed by atoms with Gasteiger partial charge >= 0.3 is 0 Å². The Bertz CT molecular complexity index is 352. The zero-order valence-electron chi connectivity index (χ0n) is 10.3. The molecule has 0 radical (unpaired) electrons. The molecular formula is C14H20ClNO. The molecule has 17 heavy (non-hydrogen) atoms. The minimum absolute atomic E-state index is 0.0389. The first-order valence-corrected chi connectivity index (χ1v) is 6.65. The summed E-state index contributed by atoms with van der Waals surface area (Å²) in [7, 11) is 0. The van der Waals surface area contributed by atoms with Gasteiger partial charge in [0, 0.05) is 17.1 Å². The van der Waals surface area contributed by atoms with Crippen molar-refractivity contribution in [2.24, 2.45) is 0 Å². The maximum atomic E-state index is 11.7. The average molecular weight is 254 g/mol. The van der Waals surface area contributed by atoms with E-state index in [1.165, 1.54) is 25.7 Å². The highest BCUT2D eigenvalue weighted by Gasteiger charge is 2.04. The minimum atomic E-state index is -0.0389. The molecule has 1 aromatic carbocycles. The normalized spacial score (nSPS) is 10.2. The number of halogens is 1. The summed E-state index contributed by atoms with van der Waals surface area (Å²) < 4.78 is 0. The Kier molecular flexibility index (Phi) is 6.71. The number of hydrogen-bond acceptors (Lipinski definition) is 1. The maximum absolute atomic E-state index is 11.7. The second kappa shape index (κ2) is 8.13. The lowest BCUT2D eigenvalue weighted by molar-refractivity contribution is 0.0953. The van der Waals surface area contributed by atoms with Gasteiger partial charge in [-0.05, 0) is 24.6 Å². The smallest absolute Gasteiger partial charge is 0.251 e. The van der Waals surface area contributed by atoms with Crippen LogP contribution in [0.3, 0.4) is 0 Å². The fourth-order valence-corrected chi connectivity index (χ4v) is 1.85. The van der Waals surface area contributed by atoms with Crippen molar-refractivity contribution in [2.75, 3.05) is 6.54 Å². The Balaban J connectivity index is 2.21. The summed E-state index contributed by atoms with van der Waals surface area (Å²) >= 11 is 5.83. The summed E-state index contributed by atoms with van der Waals surface area (Å²) in [6.07, 6.45) is 6.01. The van der Waals surface area contributed by atoms with E-state index in [2.05, 4.69) is 12.2 Å². The summed E-state index contributed by atoms with van der Waals surface area (Å²) in [5, 5.41) is 3.50. The molecule has 0 heterocycles. The van der Waals surface area contributed by atoms with E-state index in [0.29, 0.717) is 10.6 Å². The number of hydrogen-bond donors (Lipinski definition) is 1. The number of amides is 1. The third-order valence-electron chi connectivity index (χ3n) is 2.65. The molecule has 0 bridgehead atoms. The largest absolute Gasteiger partial charge is 0.352 e. The molecule has 0 saturated heterocycles. The lowest BCUT2D eigenvalue weighted by atomic mass is 10.1. The molecule has 0 aliphatic heterocycles. The van der Waals surface area contributed by atoms with E-state index >= 15 is 0 Å². The van der Waals surface area contributed by atoms with E-state index in [0.717, 1.165) is 13.0 Å². The Labute approximate surface area is 108 Å². The van der Waals surface area contributed by atoms with Crippen LogP contribution in [-0.4, -0.2) is 12.5 Å². The standard InChI is InChI=1S/C14H20ClNO/c1-2-3-4-5-6-10-16-14(17)12-8-7-9-13(15)11-12/h7-9,11H,2-6,10H2,1H3,(H,16,17). The molecule has 1 aromatic rings. The van der Waals surface area contributed by atoms with Crippen molar-refractivity contribution in [2.45, 2.75) is 39.0 Å². The van der Waals surface area contributed by atoms with E-state index in [9.17, 15) is 4.79 Å². The van der Waals surface area contributed by atoms with Gasteiger partial charge < -0.3 is 5.32 Å². The number of nitrogens with one attached hydrogen (secondary N) is 1. The number of benzene rings is 1.